The van der Waals surface area contributed by atoms with Crippen molar-refractivity contribution in [3.05, 3.63) is 35.9 Å². The minimum Gasteiger partial charge on any atom is -0.341 e. The van der Waals surface area contributed by atoms with Crippen molar-refractivity contribution >= 4 is 5.91 Å². The Bertz CT molecular complexity index is 473. The number of piperidine rings is 1. The number of nitrogens with two attached hydrogens (primary N) is 1. The van der Waals surface area contributed by atoms with E-state index in [2.05, 4.69) is 0 Å². The molecule has 0 aromatic heterocycles. The first kappa shape index (κ1) is 14.6. The Morgan fingerprint density at radius 1 is 1.14 bits per heavy atom. The van der Waals surface area contributed by atoms with Gasteiger partial charge in [-0.25, -0.2) is 0 Å². The molecule has 2 aliphatic rings. The van der Waals surface area contributed by atoms with Crippen LogP contribution in [0.15, 0.2) is 30.3 Å². The summed E-state index contributed by atoms with van der Waals surface area (Å²) in [6, 6.07) is 9.68. The molecule has 1 saturated carbocycles. The second kappa shape index (κ2) is 6.61. The zero-order chi connectivity index (χ0) is 14.7. The molecule has 3 nitrogen and oxygen atoms in total. The maximum absolute atomic E-state index is 12.6. The summed E-state index contributed by atoms with van der Waals surface area (Å²) in [6.45, 7) is 1.84. The molecule has 2 unspecified atom stereocenters. The van der Waals surface area contributed by atoms with E-state index in [9.17, 15) is 4.79 Å². The third-order valence-electron chi connectivity index (χ3n) is 5.22. The standard InChI is InChI=1S/C18H26N2O/c19-17(12-14-6-2-1-3-7-14)18(21)20-11-10-15-8-4-5-9-16(15)13-20/h1-3,6-7,15-17H,4-5,8-13,19H2/t15?,16?,17-/m1/s1. The Morgan fingerprint density at radius 3 is 2.62 bits per heavy atom. The molecular weight excluding hydrogens is 260 g/mol. The summed E-state index contributed by atoms with van der Waals surface area (Å²) < 4.78 is 0. The second-order valence-electron chi connectivity index (χ2n) is 6.67. The molecule has 0 bridgehead atoms. The van der Waals surface area contributed by atoms with Crippen LogP contribution in [0.4, 0.5) is 0 Å². The van der Waals surface area contributed by atoms with Crippen LogP contribution in [0.2, 0.25) is 0 Å². The summed E-state index contributed by atoms with van der Waals surface area (Å²) in [6.07, 6.45) is 7.19. The maximum Gasteiger partial charge on any atom is 0.239 e. The number of likely N-dealkylation sites (tertiary alicyclic amines) is 1. The number of nitrogens with zero attached hydrogens (tertiary/aromatic N) is 1. The van der Waals surface area contributed by atoms with Crippen LogP contribution < -0.4 is 5.73 Å². The van der Waals surface area contributed by atoms with Gasteiger partial charge in [0.1, 0.15) is 0 Å². The van der Waals surface area contributed by atoms with E-state index >= 15 is 0 Å². The molecule has 2 N–H and O–H groups in total. The lowest BCUT2D eigenvalue weighted by atomic mass is 9.75. The summed E-state index contributed by atoms with van der Waals surface area (Å²) in [5.74, 6) is 1.72. The fourth-order valence-electron chi connectivity index (χ4n) is 3.99. The molecule has 1 aromatic rings. The molecule has 0 spiro atoms. The van der Waals surface area contributed by atoms with E-state index in [4.69, 9.17) is 5.73 Å². The summed E-state index contributed by atoms with van der Waals surface area (Å²) in [4.78, 5) is 14.6. The largest absolute Gasteiger partial charge is 0.341 e. The van der Waals surface area contributed by atoms with E-state index in [0.29, 0.717) is 6.42 Å². The highest BCUT2D eigenvalue weighted by molar-refractivity contribution is 5.82. The van der Waals surface area contributed by atoms with E-state index in [1.54, 1.807) is 0 Å². The van der Waals surface area contributed by atoms with Crippen molar-refractivity contribution in [2.45, 2.75) is 44.6 Å². The number of hydrogen-bond acceptors (Lipinski definition) is 2. The second-order valence-corrected chi connectivity index (χ2v) is 6.67. The number of amides is 1. The summed E-state index contributed by atoms with van der Waals surface area (Å²) in [7, 11) is 0. The highest BCUT2D eigenvalue weighted by atomic mass is 16.2. The molecule has 1 amide bonds. The predicted octanol–water partition coefficient (Wildman–Crippen LogP) is 2.60. The zero-order valence-corrected chi connectivity index (χ0v) is 12.7. The number of carbonyl (C=O) groups is 1. The van der Waals surface area contributed by atoms with Crippen LogP contribution in [-0.4, -0.2) is 29.9 Å². The average molecular weight is 286 g/mol. The van der Waals surface area contributed by atoms with Crippen molar-refractivity contribution in [1.29, 1.82) is 0 Å². The van der Waals surface area contributed by atoms with Gasteiger partial charge < -0.3 is 10.6 Å². The van der Waals surface area contributed by atoms with Gasteiger partial charge in [-0.3, -0.25) is 4.79 Å². The molecule has 3 atom stereocenters. The molecule has 1 aromatic carbocycles. The van der Waals surface area contributed by atoms with Crippen LogP contribution in [0.25, 0.3) is 0 Å². The SMILES string of the molecule is N[C@H](Cc1ccccc1)C(=O)N1CCC2CCCCC2C1. The summed E-state index contributed by atoms with van der Waals surface area (Å²) >= 11 is 0. The Labute approximate surface area is 127 Å². The van der Waals surface area contributed by atoms with Crippen LogP contribution in [0.5, 0.6) is 0 Å². The highest BCUT2D eigenvalue weighted by Gasteiger charge is 2.34. The van der Waals surface area contributed by atoms with Crippen LogP contribution in [0, 0.1) is 11.8 Å². The zero-order valence-electron chi connectivity index (χ0n) is 12.7. The molecule has 1 aliphatic heterocycles. The number of rotatable bonds is 3. The topological polar surface area (TPSA) is 46.3 Å². The van der Waals surface area contributed by atoms with Gasteiger partial charge in [-0.15, -0.1) is 0 Å². The van der Waals surface area contributed by atoms with Gasteiger partial charge in [-0.05, 0) is 36.7 Å². The van der Waals surface area contributed by atoms with Gasteiger partial charge in [0.2, 0.25) is 5.91 Å². The molecule has 3 rings (SSSR count). The van der Waals surface area contributed by atoms with Crippen LogP contribution in [0.3, 0.4) is 0 Å². The van der Waals surface area contributed by atoms with Gasteiger partial charge in [-0.1, -0.05) is 49.6 Å². The van der Waals surface area contributed by atoms with E-state index < -0.39 is 6.04 Å². The van der Waals surface area contributed by atoms with Crippen LogP contribution in [-0.2, 0) is 11.2 Å². The Hall–Kier alpha value is -1.35. The first-order valence-corrected chi connectivity index (χ1v) is 8.32. The Morgan fingerprint density at radius 2 is 1.86 bits per heavy atom. The predicted molar refractivity (Wildman–Crippen MR) is 84.8 cm³/mol. The van der Waals surface area contributed by atoms with Crippen molar-refractivity contribution in [3.63, 3.8) is 0 Å². The van der Waals surface area contributed by atoms with Crippen molar-refractivity contribution in [3.8, 4) is 0 Å². The third kappa shape index (κ3) is 3.46. The van der Waals surface area contributed by atoms with Crippen molar-refractivity contribution in [2.75, 3.05) is 13.1 Å². The first-order chi connectivity index (χ1) is 10.2. The van der Waals surface area contributed by atoms with Crippen molar-refractivity contribution in [2.24, 2.45) is 17.6 Å². The van der Waals surface area contributed by atoms with Gasteiger partial charge in [0.25, 0.3) is 0 Å². The molecule has 1 saturated heterocycles. The summed E-state index contributed by atoms with van der Waals surface area (Å²) in [5, 5.41) is 0. The Kier molecular flexibility index (Phi) is 4.59. The van der Waals surface area contributed by atoms with Gasteiger partial charge in [0, 0.05) is 13.1 Å². The average Bonchev–Trinajstić information content (AvgIpc) is 2.54. The Balaban J connectivity index is 1.57. The lowest BCUT2D eigenvalue weighted by Crippen LogP contribution is -2.51. The first-order valence-electron chi connectivity index (χ1n) is 8.32. The molecule has 21 heavy (non-hydrogen) atoms. The maximum atomic E-state index is 12.6. The fraction of sp³-hybridized carbons (Fsp3) is 0.611. The summed E-state index contributed by atoms with van der Waals surface area (Å²) in [5.41, 5.74) is 7.30. The number of benzene rings is 1. The van der Waals surface area contributed by atoms with Crippen molar-refractivity contribution in [1.82, 2.24) is 4.90 Å². The lowest BCUT2D eigenvalue weighted by Gasteiger charge is -2.42. The molecule has 114 valence electrons. The third-order valence-corrected chi connectivity index (χ3v) is 5.22. The van der Waals surface area contributed by atoms with Gasteiger partial charge in [0.15, 0.2) is 0 Å². The van der Waals surface area contributed by atoms with Crippen molar-refractivity contribution < 1.29 is 4.79 Å². The molecule has 3 heteroatoms. The van der Waals surface area contributed by atoms with E-state index in [0.717, 1.165) is 30.5 Å². The van der Waals surface area contributed by atoms with E-state index in [-0.39, 0.29) is 5.91 Å². The minimum absolute atomic E-state index is 0.142. The van der Waals surface area contributed by atoms with Crippen LogP contribution >= 0.6 is 0 Å². The minimum atomic E-state index is -0.396. The van der Waals surface area contributed by atoms with Gasteiger partial charge in [-0.2, -0.15) is 0 Å². The van der Waals surface area contributed by atoms with Crippen LogP contribution in [0.1, 0.15) is 37.7 Å². The molecule has 1 aliphatic carbocycles. The van der Waals surface area contributed by atoms with E-state index in [1.807, 2.05) is 35.2 Å². The van der Waals surface area contributed by atoms with E-state index in [1.165, 1.54) is 32.1 Å². The monoisotopic (exact) mass is 286 g/mol. The fourth-order valence-corrected chi connectivity index (χ4v) is 3.99. The highest BCUT2D eigenvalue weighted by Crippen LogP contribution is 2.36. The molecular formula is C18H26N2O. The van der Waals surface area contributed by atoms with Gasteiger partial charge >= 0.3 is 0 Å². The molecule has 1 heterocycles. The molecule has 0 radical (unpaired) electrons. The number of hydrogen-bond donors (Lipinski definition) is 1. The number of fused-ring (bicyclic) bond motifs is 1. The smallest absolute Gasteiger partial charge is 0.239 e. The normalized spacial score (nSPS) is 27.0. The number of carbonyl (C=O) groups excluding carboxylic acids is 1. The molecule has 2 fully saturated rings. The lowest BCUT2D eigenvalue weighted by molar-refractivity contribution is -0.135. The van der Waals surface area contributed by atoms with Gasteiger partial charge in [0.05, 0.1) is 6.04 Å². The quantitative estimate of drug-likeness (QED) is 0.928.